The van der Waals surface area contributed by atoms with Crippen molar-refractivity contribution in [2.24, 2.45) is 0 Å². The second-order valence-corrected chi connectivity index (χ2v) is 6.62. The van der Waals surface area contributed by atoms with Gasteiger partial charge in [-0.2, -0.15) is 0 Å². The minimum absolute atomic E-state index is 0.435. The van der Waals surface area contributed by atoms with E-state index in [1.165, 1.54) is 5.69 Å². The van der Waals surface area contributed by atoms with E-state index in [0.717, 1.165) is 38.3 Å². The van der Waals surface area contributed by atoms with Crippen molar-refractivity contribution in [3.05, 3.63) is 65.7 Å². The number of rotatable bonds is 6. The van der Waals surface area contributed by atoms with Gasteiger partial charge in [0.1, 0.15) is 0 Å². The largest absolute Gasteiger partial charge is 0.369 e. The number of nitrogens with zero attached hydrogens (tertiary/aromatic N) is 2. The summed E-state index contributed by atoms with van der Waals surface area (Å²) >= 11 is 0. The molecule has 1 fully saturated rings. The lowest BCUT2D eigenvalue weighted by molar-refractivity contribution is -0.117. The predicted molar refractivity (Wildman–Crippen MR) is 104 cm³/mol. The summed E-state index contributed by atoms with van der Waals surface area (Å²) in [5, 5.41) is 2.74. The molecule has 0 radical (unpaired) electrons. The maximum absolute atomic E-state index is 12.1. The Hall–Kier alpha value is -2.66. The molecule has 3 rings (SSSR count). The fourth-order valence-corrected chi connectivity index (χ4v) is 3.11. The van der Waals surface area contributed by atoms with Crippen LogP contribution in [0.2, 0.25) is 0 Å². The van der Waals surface area contributed by atoms with Crippen molar-refractivity contribution in [3.8, 4) is 0 Å². The number of carbonyl (C=O) groups excluding carboxylic acids is 2. The van der Waals surface area contributed by atoms with Crippen molar-refractivity contribution in [3.63, 3.8) is 0 Å². The van der Waals surface area contributed by atoms with Crippen LogP contribution in [-0.2, 0) is 4.79 Å². The number of anilines is 1. The first-order valence-electron chi connectivity index (χ1n) is 9.05. The zero-order valence-corrected chi connectivity index (χ0v) is 15.1. The van der Waals surface area contributed by atoms with Crippen molar-refractivity contribution < 1.29 is 9.59 Å². The smallest absolute Gasteiger partial charge is 0.292 e. The number of piperazine rings is 1. The Kier molecular flexibility index (Phi) is 6.02. The Balaban J connectivity index is 1.39. The van der Waals surface area contributed by atoms with E-state index in [1.54, 1.807) is 12.1 Å². The van der Waals surface area contributed by atoms with Gasteiger partial charge in [0.25, 0.3) is 5.91 Å². The SMILES string of the molecule is Cc1ccc(C(=O)C(=O)NCCN2CCN(c3ccccc3)CC2)cc1. The molecule has 5 nitrogen and oxygen atoms in total. The molecule has 0 spiro atoms. The van der Waals surface area contributed by atoms with Gasteiger partial charge in [0.2, 0.25) is 5.78 Å². The average Bonchev–Trinajstić information content (AvgIpc) is 2.69. The number of hydrogen-bond acceptors (Lipinski definition) is 4. The molecule has 0 atom stereocenters. The maximum Gasteiger partial charge on any atom is 0.292 e. The summed E-state index contributed by atoms with van der Waals surface area (Å²) in [5.74, 6) is -1.00. The highest BCUT2D eigenvalue weighted by atomic mass is 16.2. The van der Waals surface area contributed by atoms with E-state index in [4.69, 9.17) is 0 Å². The number of para-hydroxylation sites is 1. The topological polar surface area (TPSA) is 52.7 Å². The quantitative estimate of drug-likeness (QED) is 0.640. The standard InChI is InChI=1S/C21H25N3O2/c1-17-7-9-18(10-8-17)20(25)21(26)22-11-12-23-13-15-24(16-14-23)19-5-3-2-4-6-19/h2-10H,11-16H2,1H3,(H,22,26). The van der Waals surface area contributed by atoms with Gasteiger partial charge in [0.05, 0.1) is 0 Å². The molecule has 0 saturated carbocycles. The third kappa shape index (κ3) is 4.70. The summed E-state index contributed by atoms with van der Waals surface area (Å²) in [5.41, 5.74) is 2.75. The molecule has 5 heteroatoms. The van der Waals surface area contributed by atoms with Gasteiger partial charge >= 0.3 is 0 Å². The first kappa shape index (κ1) is 18.1. The lowest BCUT2D eigenvalue weighted by Crippen LogP contribution is -2.48. The molecule has 1 amide bonds. The van der Waals surface area contributed by atoms with Crippen LogP contribution in [0.4, 0.5) is 5.69 Å². The number of aryl methyl sites for hydroxylation is 1. The Morgan fingerprint density at radius 1 is 0.923 bits per heavy atom. The maximum atomic E-state index is 12.1. The molecular formula is C21H25N3O2. The fraction of sp³-hybridized carbons (Fsp3) is 0.333. The fourth-order valence-electron chi connectivity index (χ4n) is 3.11. The molecule has 2 aromatic carbocycles. The molecule has 2 aromatic rings. The molecule has 0 bridgehead atoms. The van der Waals surface area contributed by atoms with Gasteiger partial charge in [0.15, 0.2) is 0 Å². The van der Waals surface area contributed by atoms with E-state index in [2.05, 4.69) is 39.4 Å². The number of ketones is 1. The summed E-state index contributed by atoms with van der Waals surface area (Å²) in [7, 11) is 0. The van der Waals surface area contributed by atoms with E-state index in [9.17, 15) is 9.59 Å². The first-order valence-corrected chi connectivity index (χ1v) is 9.05. The summed E-state index contributed by atoms with van der Waals surface area (Å²) < 4.78 is 0. The van der Waals surface area contributed by atoms with Gasteiger partial charge in [0, 0.05) is 50.5 Å². The zero-order valence-electron chi connectivity index (χ0n) is 15.1. The monoisotopic (exact) mass is 351 g/mol. The Morgan fingerprint density at radius 2 is 1.58 bits per heavy atom. The Morgan fingerprint density at radius 3 is 2.23 bits per heavy atom. The van der Waals surface area contributed by atoms with Gasteiger partial charge in [-0.05, 0) is 19.1 Å². The molecule has 1 N–H and O–H groups in total. The van der Waals surface area contributed by atoms with E-state index in [1.807, 2.05) is 25.1 Å². The van der Waals surface area contributed by atoms with Gasteiger partial charge < -0.3 is 10.2 Å². The van der Waals surface area contributed by atoms with Crippen LogP contribution in [0.15, 0.2) is 54.6 Å². The van der Waals surface area contributed by atoms with E-state index >= 15 is 0 Å². The van der Waals surface area contributed by atoms with Crippen LogP contribution < -0.4 is 10.2 Å². The van der Waals surface area contributed by atoms with Gasteiger partial charge in [-0.25, -0.2) is 0 Å². The molecule has 1 heterocycles. The highest BCUT2D eigenvalue weighted by Gasteiger charge is 2.18. The van der Waals surface area contributed by atoms with Crippen molar-refractivity contribution in [1.82, 2.24) is 10.2 Å². The Labute approximate surface area is 154 Å². The predicted octanol–water partition coefficient (Wildman–Crippen LogP) is 2.12. The van der Waals surface area contributed by atoms with Crippen LogP contribution >= 0.6 is 0 Å². The number of carbonyl (C=O) groups is 2. The average molecular weight is 351 g/mol. The van der Waals surface area contributed by atoms with Crippen LogP contribution in [0.3, 0.4) is 0 Å². The molecule has 1 aliphatic rings. The normalized spacial score (nSPS) is 14.9. The second-order valence-electron chi connectivity index (χ2n) is 6.62. The van der Waals surface area contributed by atoms with Gasteiger partial charge in [-0.15, -0.1) is 0 Å². The number of amides is 1. The molecule has 1 saturated heterocycles. The summed E-state index contributed by atoms with van der Waals surface area (Å²) in [6.07, 6.45) is 0. The summed E-state index contributed by atoms with van der Waals surface area (Å²) in [6, 6.07) is 17.5. The van der Waals surface area contributed by atoms with Crippen LogP contribution in [0, 0.1) is 6.92 Å². The number of Topliss-reactive ketones (excluding diaryl/α,β-unsaturated/α-hetero) is 1. The Bertz CT molecular complexity index is 736. The van der Waals surface area contributed by atoms with Crippen LogP contribution in [0.1, 0.15) is 15.9 Å². The molecule has 26 heavy (non-hydrogen) atoms. The molecule has 0 aliphatic carbocycles. The van der Waals surface area contributed by atoms with Gasteiger partial charge in [-0.1, -0.05) is 48.0 Å². The molecular weight excluding hydrogens is 326 g/mol. The van der Waals surface area contributed by atoms with E-state index in [-0.39, 0.29) is 0 Å². The molecule has 0 aromatic heterocycles. The zero-order chi connectivity index (χ0) is 18.4. The summed E-state index contributed by atoms with van der Waals surface area (Å²) in [6.45, 7) is 7.05. The van der Waals surface area contributed by atoms with Crippen LogP contribution in [0.5, 0.6) is 0 Å². The van der Waals surface area contributed by atoms with Crippen molar-refractivity contribution in [1.29, 1.82) is 0 Å². The van der Waals surface area contributed by atoms with E-state index < -0.39 is 11.7 Å². The van der Waals surface area contributed by atoms with Crippen LogP contribution in [-0.4, -0.2) is 55.9 Å². The highest BCUT2D eigenvalue weighted by molar-refractivity contribution is 6.42. The number of benzene rings is 2. The van der Waals surface area contributed by atoms with Crippen molar-refractivity contribution in [2.75, 3.05) is 44.2 Å². The third-order valence-corrected chi connectivity index (χ3v) is 4.73. The molecule has 1 aliphatic heterocycles. The van der Waals surface area contributed by atoms with Gasteiger partial charge in [-0.3, -0.25) is 14.5 Å². The van der Waals surface area contributed by atoms with Crippen LogP contribution in [0.25, 0.3) is 0 Å². The lowest BCUT2D eigenvalue weighted by Gasteiger charge is -2.36. The third-order valence-electron chi connectivity index (χ3n) is 4.73. The molecule has 136 valence electrons. The molecule has 0 unspecified atom stereocenters. The van der Waals surface area contributed by atoms with Crippen molar-refractivity contribution >= 4 is 17.4 Å². The number of hydrogen-bond donors (Lipinski definition) is 1. The summed E-state index contributed by atoms with van der Waals surface area (Å²) in [4.78, 5) is 28.8. The minimum atomic E-state index is -0.531. The first-order chi connectivity index (χ1) is 12.6. The highest BCUT2D eigenvalue weighted by Crippen LogP contribution is 2.15. The number of nitrogens with one attached hydrogen (secondary N) is 1. The van der Waals surface area contributed by atoms with E-state index in [0.29, 0.717) is 12.1 Å². The lowest BCUT2D eigenvalue weighted by atomic mass is 10.1. The minimum Gasteiger partial charge on any atom is -0.369 e. The van der Waals surface area contributed by atoms with Crippen molar-refractivity contribution in [2.45, 2.75) is 6.92 Å². The second kappa shape index (κ2) is 8.63.